The molecule has 0 fully saturated rings. The third kappa shape index (κ3) is 2.70. The van der Waals surface area contributed by atoms with E-state index in [9.17, 15) is 4.79 Å². The van der Waals surface area contributed by atoms with E-state index < -0.39 is 0 Å². The number of nitrogens with one attached hydrogen (secondary N) is 1. The van der Waals surface area contributed by atoms with Crippen LogP contribution in [0.5, 0.6) is 0 Å². The van der Waals surface area contributed by atoms with Crippen molar-refractivity contribution in [2.24, 2.45) is 5.73 Å². The van der Waals surface area contributed by atoms with Crippen LogP contribution in [0.3, 0.4) is 0 Å². The van der Waals surface area contributed by atoms with Crippen molar-refractivity contribution in [1.29, 1.82) is 0 Å². The summed E-state index contributed by atoms with van der Waals surface area (Å²) in [5, 5.41) is 2.70. The zero-order valence-electron chi connectivity index (χ0n) is 10.1. The number of nitrogens with two attached hydrogens (primary N) is 1. The van der Waals surface area contributed by atoms with Gasteiger partial charge in [-0.05, 0) is 30.2 Å². The van der Waals surface area contributed by atoms with Gasteiger partial charge in [-0.25, -0.2) is 4.98 Å². The molecule has 92 valence electrons. The molecule has 0 aliphatic rings. The Morgan fingerprint density at radius 3 is 2.78 bits per heavy atom. The Kier molecular flexibility index (Phi) is 3.64. The smallest absolute Gasteiger partial charge is 0.275 e. The first-order valence-electron chi connectivity index (χ1n) is 5.58. The van der Waals surface area contributed by atoms with Crippen molar-refractivity contribution >= 4 is 11.7 Å². The Hall–Kier alpha value is -2.27. The van der Waals surface area contributed by atoms with Crippen LogP contribution in [0.25, 0.3) is 0 Å². The van der Waals surface area contributed by atoms with E-state index in [1.807, 2.05) is 19.1 Å². The lowest BCUT2D eigenvalue weighted by atomic mass is 10.2. The van der Waals surface area contributed by atoms with Crippen LogP contribution >= 0.6 is 0 Å². The highest BCUT2D eigenvalue weighted by Crippen LogP contribution is 2.08. The Labute approximate surface area is 105 Å². The molecule has 0 aliphatic carbocycles. The molecule has 0 saturated heterocycles. The number of aromatic nitrogens is 2. The summed E-state index contributed by atoms with van der Waals surface area (Å²) >= 11 is 0. The van der Waals surface area contributed by atoms with Crippen molar-refractivity contribution in [3.8, 4) is 0 Å². The summed E-state index contributed by atoms with van der Waals surface area (Å²) in [6.07, 6.45) is 3.23. The molecule has 5 nitrogen and oxygen atoms in total. The normalized spacial score (nSPS) is 10.1. The Bertz CT molecular complexity index is 551. The zero-order chi connectivity index (χ0) is 13.0. The van der Waals surface area contributed by atoms with E-state index >= 15 is 0 Å². The van der Waals surface area contributed by atoms with E-state index in [1.54, 1.807) is 24.5 Å². The van der Waals surface area contributed by atoms with E-state index in [4.69, 9.17) is 5.73 Å². The van der Waals surface area contributed by atoms with Gasteiger partial charge < -0.3 is 11.1 Å². The van der Waals surface area contributed by atoms with Crippen LogP contribution in [0.2, 0.25) is 0 Å². The maximum Gasteiger partial charge on any atom is 0.275 e. The molecule has 2 aromatic heterocycles. The summed E-state index contributed by atoms with van der Waals surface area (Å²) < 4.78 is 0. The van der Waals surface area contributed by atoms with Gasteiger partial charge in [0.1, 0.15) is 11.5 Å². The van der Waals surface area contributed by atoms with Gasteiger partial charge in [-0.1, -0.05) is 12.1 Å². The second-order valence-electron chi connectivity index (χ2n) is 3.88. The maximum absolute atomic E-state index is 12.0. The van der Waals surface area contributed by atoms with Crippen LogP contribution in [0.1, 0.15) is 21.6 Å². The first kappa shape index (κ1) is 12.2. The fraction of sp³-hybridized carbons (Fsp3) is 0.154. The maximum atomic E-state index is 12.0. The monoisotopic (exact) mass is 242 g/mol. The van der Waals surface area contributed by atoms with Crippen molar-refractivity contribution in [1.82, 2.24) is 9.97 Å². The van der Waals surface area contributed by atoms with Gasteiger partial charge in [-0.15, -0.1) is 0 Å². The van der Waals surface area contributed by atoms with Gasteiger partial charge >= 0.3 is 0 Å². The lowest BCUT2D eigenvalue weighted by Gasteiger charge is -2.06. The third-order valence-electron chi connectivity index (χ3n) is 2.53. The SMILES string of the molecule is Cc1cccnc1C(=O)Nc1ccc(CN)cn1. The summed E-state index contributed by atoms with van der Waals surface area (Å²) in [6, 6.07) is 7.18. The molecule has 1 amide bonds. The van der Waals surface area contributed by atoms with E-state index in [1.165, 1.54) is 0 Å². The second-order valence-corrected chi connectivity index (χ2v) is 3.88. The van der Waals surface area contributed by atoms with Crippen LogP contribution in [-0.4, -0.2) is 15.9 Å². The first-order valence-corrected chi connectivity index (χ1v) is 5.58. The number of rotatable bonds is 3. The summed E-state index contributed by atoms with van der Waals surface area (Å²) in [5.41, 5.74) is 7.63. The molecule has 0 unspecified atom stereocenters. The van der Waals surface area contributed by atoms with E-state index in [0.717, 1.165) is 11.1 Å². The molecule has 0 bridgehead atoms. The number of hydrogen-bond donors (Lipinski definition) is 2. The first-order chi connectivity index (χ1) is 8.70. The van der Waals surface area contributed by atoms with E-state index in [2.05, 4.69) is 15.3 Å². The predicted molar refractivity (Wildman–Crippen MR) is 69.1 cm³/mol. The number of pyridine rings is 2. The lowest BCUT2D eigenvalue weighted by Crippen LogP contribution is -2.16. The van der Waals surface area contributed by atoms with Gasteiger partial charge in [0.15, 0.2) is 0 Å². The number of nitrogens with zero attached hydrogens (tertiary/aromatic N) is 2. The largest absolute Gasteiger partial charge is 0.326 e. The number of hydrogen-bond acceptors (Lipinski definition) is 4. The molecule has 2 aromatic rings. The summed E-state index contributed by atoms with van der Waals surface area (Å²) in [4.78, 5) is 20.1. The standard InChI is InChI=1S/C13H14N4O/c1-9-3-2-6-15-12(9)13(18)17-11-5-4-10(7-14)8-16-11/h2-6,8H,7,14H2,1H3,(H,16,17,18). The van der Waals surface area contributed by atoms with E-state index in [-0.39, 0.29) is 5.91 Å². The van der Waals surface area contributed by atoms with Crippen molar-refractivity contribution in [2.75, 3.05) is 5.32 Å². The highest BCUT2D eigenvalue weighted by atomic mass is 16.1. The highest BCUT2D eigenvalue weighted by Gasteiger charge is 2.10. The van der Waals surface area contributed by atoms with Crippen molar-refractivity contribution < 1.29 is 4.79 Å². The highest BCUT2D eigenvalue weighted by molar-refractivity contribution is 6.03. The van der Waals surface area contributed by atoms with Gasteiger partial charge in [0, 0.05) is 18.9 Å². The molecule has 0 saturated carbocycles. The molecule has 18 heavy (non-hydrogen) atoms. The number of aryl methyl sites for hydroxylation is 1. The minimum Gasteiger partial charge on any atom is -0.326 e. The number of carbonyl (C=O) groups excluding carboxylic acids is 1. The number of amides is 1. The van der Waals surface area contributed by atoms with Crippen molar-refractivity contribution in [3.05, 3.63) is 53.5 Å². The molecule has 0 aromatic carbocycles. The molecule has 2 heterocycles. The fourth-order valence-electron chi connectivity index (χ4n) is 1.52. The molecule has 0 atom stereocenters. The van der Waals surface area contributed by atoms with Crippen molar-refractivity contribution in [2.45, 2.75) is 13.5 Å². The van der Waals surface area contributed by atoms with Crippen LogP contribution in [0.4, 0.5) is 5.82 Å². The fourth-order valence-corrected chi connectivity index (χ4v) is 1.52. The quantitative estimate of drug-likeness (QED) is 0.854. The summed E-state index contributed by atoms with van der Waals surface area (Å²) in [6.45, 7) is 2.27. The molecule has 2 rings (SSSR count). The van der Waals surface area contributed by atoms with Gasteiger partial charge in [0.05, 0.1) is 0 Å². The number of carbonyl (C=O) groups is 1. The van der Waals surface area contributed by atoms with E-state index in [0.29, 0.717) is 18.1 Å². The molecule has 0 spiro atoms. The van der Waals surface area contributed by atoms with Crippen LogP contribution in [0, 0.1) is 6.92 Å². The van der Waals surface area contributed by atoms with Gasteiger partial charge in [0.25, 0.3) is 5.91 Å². The molecular weight excluding hydrogens is 228 g/mol. The van der Waals surface area contributed by atoms with Crippen LogP contribution < -0.4 is 11.1 Å². The molecule has 3 N–H and O–H groups in total. The second kappa shape index (κ2) is 5.37. The zero-order valence-corrected chi connectivity index (χ0v) is 10.1. The topological polar surface area (TPSA) is 80.9 Å². The molecule has 5 heteroatoms. The average molecular weight is 242 g/mol. The minimum absolute atomic E-state index is 0.263. The number of anilines is 1. The predicted octanol–water partition coefficient (Wildman–Crippen LogP) is 1.50. The average Bonchev–Trinajstić information content (AvgIpc) is 2.40. The summed E-state index contributed by atoms with van der Waals surface area (Å²) in [5.74, 6) is 0.225. The van der Waals surface area contributed by atoms with Crippen LogP contribution in [-0.2, 0) is 6.54 Å². The Morgan fingerprint density at radius 2 is 2.17 bits per heavy atom. The Balaban J connectivity index is 2.14. The minimum atomic E-state index is -0.263. The molecule has 0 aliphatic heterocycles. The molecule has 0 radical (unpaired) electrons. The summed E-state index contributed by atoms with van der Waals surface area (Å²) in [7, 11) is 0. The third-order valence-corrected chi connectivity index (χ3v) is 2.53. The lowest BCUT2D eigenvalue weighted by molar-refractivity contribution is 0.102. The van der Waals surface area contributed by atoms with Gasteiger partial charge in [-0.3, -0.25) is 9.78 Å². The van der Waals surface area contributed by atoms with Crippen molar-refractivity contribution in [3.63, 3.8) is 0 Å². The van der Waals surface area contributed by atoms with Crippen LogP contribution in [0.15, 0.2) is 36.7 Å². The molecular formula is C13H14N4O. The van der Waals surface area contributed by atoms with Gasteiger partial charge in [0.2, 0.25) is 0 Å². The van der Waals surface area contributed by atoms with Gasteiger partial charge in [-0.2, -0.15) is 0 Å². The Morgan fingerprint density at radius 1 is 1.33 bits per heavy atom.